The summed E-state index contributed by atoms with van der Waals surface area (Å²) < 4.78 is 7.50. The lowest BCUT2D eigenvalue weighted by Crippen LogP contribution is -2.11. The Kier molecular flexibility index (Phi) is 3.38. The summed E-state index contributed by atoms with van der Waals surface area (Å²) in [6, 6.07) is 0. The van der Waals surface area contributed by atoms with Crippen LogP contribution in [0.5, 0.6) is 0 Å². The van der Waals surface area contributed by atoms with Gasteiger partial charge in [0.2, 0.25) is 0 Å². The van der Waals surface area contributed by atoms with Crippen LogP contribution in [-0.4, -0.2) is 33.3 Å². The Morgan fingerprint density at radius 1 is 1.73 bits per heavy atom. The lowest BCUT2D eigenvalue weighted by atomic mass is 9.99. The van der Waals surface area contributed by atoms with Crippen molar-refractivity contribution in [2.75, 3.05) is 13.2 Å². The van der Waals surface area contributed by atoms with Crippen LogP contribution in [-0.2, 0) is 11.8 Å². The van der Waals surface area contributed by atoms with Gasteiger partial charge in [-0.1, -0.05) is 5.21 Å². The van der Waals surface area contributed by atoms with Gasteiger partial charge in [0, 0.05) is 20.3 Å². The van der Waals surface area contributed by atoms with Crippen molar-refractivity contribution in [1.82, 2.24) is 15.0 Å². The van der Waals surface area contributed by atoms with Crippen LogP contribution in [0.25, 0.3) is 0 Å². The van der Waals surface area contributed by atoms with E-state index in [0.29, 0.717) is 16.9 Å². The Hall–Kier alpha value is -0.460. The smallest absolute Gasteiger partial charge is 0.154 e. The third kappa shape index (κ3) is 2.38. The Morgan fingerprint density at radius 2 is 2.53 bits per heavy atom. The number of aliphatic hydroxyl groups is 1. The highest BCUT2D eigenvalue weighted by atomic mass is 79.9. The maximum absolute atomic E-state index is 10.0. The van der Waals surface area contributed by atoms with Gasteiger partial charge in [-0.3, -0.25) is 0 Å². The highest BCUT2D eigenvalue weighted by Gasteiger charge is 2.24. The second-order valence-corrected chi connectivity index (χ2v) is 4.62. The highest BCUT2D eigenvalue weighted by molar-refractivity contribution is 9.10. The van der Waals surface area contributed by atoms with Gasteiger partial charge in [-0.05, 0) is 34.7 Å². The molecule has 0 spiro atoms. The molecule has 2 atom stereocenters. The normalized spacial score (nSPS) is 23.3. The summed E-state index contributed by atoms with van der Waals surface area (Å²) in [7, 11) is 1.78. The molecule has 2 unspecified atom stereocenters. The molecule has 0 amide bonds. The lowest BCUT2D eigenvalue weighted by Gasteiger charge is -2.14. The van der Waals surface area contributed by atoms with Gasteiger partial charge in [0.05, 0.1) is 6.10 Å². The van der Waals surface area contributed by atoms with Crippen molar-refractivity contribution in [1.29, 1.82) is 0 Å². The van der Waals surface area contributed by atoms with Gasteiger partial charge in [-0.15, -0.1) is 5.10 Å². The van der Waals surface area contributed by atoms with Crippen LogP contribution >= 0.6 is 15.9 Å². The summed E-state index contributed by atoms with van der Waals surface area (Å²) in [4.78, 5) is 0. The van der Waals surface area contributed by atoms with E-state index in [1.54, 1.807) is 11.7 Å². The molecule has 6 heteroatoms. The fourth-order valence-corrected chi connectivity index (χ4v) is 2.48. The van der Waals surface area contributed by atoms with Gasteiger partial charge in [-0.25, -0.2) is 4.68 Å². The Balaban J connectivity index is 2.03. The highest BCUT2D eigenvalue weighted by Crippen LogP contribution is 2.29. The van der Waals surface area contributed by atoms with E-state index in [4.69, 9.17) is 4.74 Å². The maximum Gasteiger partial charge on any atom is 0.154 e. The molecular formula is C9H14BrN3O2. The van der Waals surface area contributed by atoms with E-state index in [1.165, 1.54) is 0 Å². The second kappa shape index (κ2) is 4.59. The van der Waals surface area contributed by atoms with Crippen LogP contribution in [0.4, 0.5) is 0 Å². The first-order chi connectivity index (χ1) is 7.18. The first kappa shape index (κ1) is 11.0. The third-order valence-electron chi connectivity index (χ3n) is 2.72. The number of halogens is 1. The molecule has 0 bridgehead atoms. The van der Waals surface area contributed by atoms with Gasteiger partial charge in [0.15, 0.2) is 4.60 Å². The maximum atomic E-state index is 10.0. The number of rotatable bonds is 3. The lowest BCUT2D eigenvalue weighted by molar-refractivity contribution is 0.122. The van der Waals surface area contributed by atoms with Crippen LogP contribution in [0, 0.1) is 5.92 Å². The molecule has 2 rings (SSSR count). The van der Waals surface area contributed by atoms with Crippen LogP contribution < -0.4 is 0 Å². The van der Waals surface area contributed by atoms with E-state index in [0.717, 1.165) is 25.3 Å². The molecule has 5 nitrogen and oxygen atoms in total. The molecule has 0 radical (unpaired) electrons. The molecule has 1 fully saturated rings. The first-order valence-electron chi connectivity index (χ1n) is 4.99. The number of nitrogens with zero attached hydrogens (tertiary/aromatic N) is 3. The van der Waals surface area contributed by atoms with Crippen molar-refractivity contribution in [3.05, 3.63) is 10.3 Å². The van der Waals surface area contributed by atoms with E-state index >= 15 is 0 Å². The molecule has 2 heterocycles. The molecule has 1 aliphatic heterocycles. The molecule has 84 valence electrons. The van der Waals surface area contributed by atoms with Crippen LogP contribution in [0.15, 0.2) is 4.60 Å². The number of aryl methyl sites for hydroxylation is 1. The Morgan fingerprint density at radius 3 is 3.07 bits per heavy atom. The fraction of sp³-hybridized carbons (Fsp3) is 0.778. The molecule has 1 N–H and O–H groups in total. The SMILES string of the molecule is Cn1nnc(Br)c1C(O)CC1CCOC1. The standard InChI is InChI=1S/C9H14BrN3O2/c1-13-8(9(10)11-12-13)7(14)4-6-2-3-15-5-6/h6-7,14H,2-5H2,1H3. The summed E-state index contributed by atoms with van der Waals surface area (Å²) in [5.74, 6) is 0.446. The van der Waals surface area contributed by atoms with Crippen molar-refractivity contribution >= 4 is 15.9 Å². The van der Waals surface area contributed by atoms with Gasteiger partial charge < -0.3 is 9.84 Å². The molecule has 15 heavy (non-hydrogen) atoms. The molecule has 0 saturated carbocycles. The summed E-state index contributed by atoms with van der Waals surface area (Å²) in [5.41, 5.74) is 0.738. The summed E-state index contributed by atoms with van der Waals surface area (Å²) in [5, 5.41) is 17.7. The summed E-state index contributed by atoms with van der Waals surface area (Å²) >= 11 is 3.28. The zero-order chi connectivity index (χ0) is 10.8. The summed E-state index contributed by atoms with van der Waals surface area (Å²) in [6.07, 6.45) is 1.21. The molecule has 1 saturated heterocycles. The van der Waals surface area contributed by atoms with Crippen molar-refractivity contribution in [3.63, 3.8) is 0 Å². The average molecular weight is 276 g/mol. The molecule has 0 aromatic carbocycles. The molecule has 1 aliphatic rings. The van der Waals surface area contributed by atoms with Crippen molar-refractivity contribution in [2.24, 2.45) is 13.0 Å². The Bertz CT molecular complexity index is 317. The number of hydrogen-bond acceptors (Lipinski definition) is 4. The summed E-state index contributed by atoms with van der Waals surface area (Å²) in [6.45, 7) is 1.56. The first-order valence-corrected chi connectivity index (χ1v) is 5.78. The van der Waals surface area contributed by atoms with E-state index in [9.17, 15) is 5.11 Å². The van der Waals surface area contributed by atoms with Crippen molar-refractivity contribution in [3.8, 4) is 0 Å². The molecule has 0 aliphatic carbocycles. The van der Waals surface area contributed by atoms with E-state index in [1.807, 2.05) is 0 Å². The molecule has 1 aromatic rings. The van der Waals surface area contributed by atoms with E-state index in [-0.39, 0.29) is 0 Å². The van der Waals surface area contributed by atoms with Crippen LogP contribution in [0.2, 0.25) is 0 Å². The zero-order valence-corrected chi connectivity index (χ0v) is 10.1. The quantitative estimate of drug-likeness (QED) is 0.896. The Labute approximate surface area is 96.6 Å². The minimum atomic E-state index is -0.522. The predicted octanol–water partition coefficient (Wildman–Crippen LogP) is 1.04. The minimum absolute atomic E-state index is 0.446. The van der Waals surface area contributed by atoms with E-state index in [2.05, 4.69) is 26.2 Å². The fourth-order valence-electron chi connectivity index (χ4n) is 1.89. The van der Waals surface area contributed by atoms with Crippen LogP contribution in [0.3, 0.4) is 0 Å². The second-order valence-electron chi connectivity index (χ2n) is 3.87. The van der Waals surface area contributed by atoms with Crippen molar-refractivity contribution in [2.45, 2.75) is 18.9 Å². The number of ether oxygens (including phenoxy) is 1. The minimum Gasteiger partial charge on any atom is -0.387 e. The topological polar surface area (TPSA) is 60.2 Å². The predicted molar refractivity (Wildman–Crippen MR) is 57.2 cm³/mol. The van der Waals surface area contributed by atoms with Crippen molar-refractivity contribution < 1.29 is 9.84 Å². The zero-order valence-electron chi connectivity index (χ0n) is 8.56. The van der Waals surface area contributed by atoms with Gasteiger partial charge in [0.1, 0.15) is 5.69 Å². The average Bonchev–Trinajstić information content (AvgIpc) is 2.77. The monoisotopic (exact) mass is 275 g/mol. The largest absolute Gasteiger partial charge is 0.387 e. The number of hydrogen-bond donors (Lipinski definition) is 1. The number of aliphatic hydroxyl groups excluding tert-OH is 1. The third-order valence-corrected chi connectivity index (χ3v) is 3.29. The van der Waals surface area contributed by atoms with Crippen LogP contribution in [0.1, 0.15) is 24.6 Å². The van der Waals surface area contributed by atoms with Gasteiger partial charge in [-0.2, -0.15) is 0 Å². The molecular weight excluding hydrogens is 262 g/mol. The number of aromatic nitrogens is 3. The van der Waals surface area contributed by atoms with Gasteiger partial charge in [0.25, 0.3) is 0 Å². The molecule has 1 aromatic heterocycles. The van der Waals surface area contributed by atoms with E-state index < -0.39 is 6.10 Å². The van der Waals surface area contributed by atoms with Gasteiger partial charge >= 0.3 is 0 Å².